The van der Waals surface area contributed by atoms with Gasteiger partial charge < -0.3 is 26.6 Å². The van der Waals surface area contributed by atoms with E-state index in [1.54, 1.807) is 0 Å². The Bertz CT molecular complexity index is 742. The van der Waals surface area contributed by atoms with E-state index < -0.39 is 5.60 Å². The lowest BCUT2D eigenvalue weighted by Gasteiger charge is -2.60. The lowest BCUT2D eigenvalue weighted by atomic mass is 9.56. The molecule has 0 aromatic heterocycles. The second kappa shape index (κ2) is 11.3. The minimum Gasteiger partial charge on any atom is -1.00 e. The van der Waals surface area contributed by atoms with E-state index in [1.807, 2.05) is 0 Å². The fourth-order valence-electron chi connectivity index (χ4n) is 6.48. The van der Waals surface area contributed by atoms with Gasteiger partial charge in [0.15, 0.2) is 0 Å². The Morgan fingerprint density at radius 2 is 1.16 bits per heavy atom. The molecular weight excluding hydrogens is 458 g/mol. The first-order valence-electron chi connectivity index (χ1n) is 12.8. The van der Waals surface area contributed by atoms with Crippen LogP contribution in [0.4, 0.5) is 0 Å². The van der Waals surface area contributed by atoms with Gasteiger partial charge in [-0.3, -0.25) is 0 Å². The average molecular weight is 501 g/mol. The van der Waals surface area contributed by atoms with Crippen molar-refractivity contribution in [3.05, 3.63) is 71.8 Å². The highest BCUT2D eigenvalue weighted by molar-refractivity contribution is 5.39. The highest BCUT2D eigenvalue weighted by atomic mass is 79.9. The summed E-state index contributed by atoms with van der Waals surface area (Å²) < 4.78 is 1.30. The molecular formula is C29H42BrNO. The molecule has 2 aromatic carbocycles. The molecule has 32 heavy (non-hydrogen) atoms. The first kappa shape index (κ1) is 25.5. The molecule has 0 saturated carbocycles. The van der Waals surface area contributed by atoms with Gasteiger partial charge >= 0.3 is 0 Å². The van der Waals surface area contributed by atoms with E-state index in [1.165, 1.54) is 75.6 Å². The molecule has 3 aliphatic rings. The smallest absolute Gasteiger partial charge is 0.121 e. The number of hydrogen-bond donors (Lipinski definition) is 1. The van der Waals surface area contributed by atoms with E-state index in [9.17, 15) is 5.11 Å². The highest BCUT2D eigenvalue weighted by Crippen LogP contribution is 2.57. The summed E-state index contributed by atoms with van der Waals surface area (Å²) in [6.45, 7) is 7.34. The number of hydrogen-bond acceptors (Lipinski definition) is 1. The van der Waals surface area contributed by atoms with E-state index in [0.717, 1.165) is 30.4 Å². The van der Waals surface area contributed by atoms with Gasteiger partial charge in [-0.1, -0.05) is 99.7 Å². The van der Waals surface area contributed by atoms with Crippen molar-refractivity contribution < 1.29 is 26.6 Å². The molecule has 1 N–H and O–H groups in total. The Morgan fingerprint density at radius 1 is 0.719 bits per heavy atom. The minimum absolute atomic E-state index is 0. The molecule has 0 unspecified atom stereocenters. The summed E-state index contributed by atoms with van der Waals surface area (Å²) in [6, 6.07) is 20.9. The summed E-state index contributed by atoms with van der Waals surface area (Å²) in [5.41, 5.74) is 1.19. The molecule has 3 saturated heterocycles. The van der Waals surface area contributed by atoms with Gasteiger partial charge in [0.2, 0.25) is 0 Å². The highest BCUT2D eigenvalue weighted by Gasteiger charge is 2.60. The van der Waals surface area contributed by atoms with Crippen LogP contribution in [0, 0.1) is 5.41 Å². The van der Waals surface area contributed by atoms with Gasteiger partial charge in [0.05, 0.1) is 26.2 Å². The van der Waals surface area contributed by atoms with Crippen LogP contribution in [-0.4, -0.2) is 35.8 Å². The Kier molecular flexibility index (Phi) is 9.00. The maximum absolute atomic E-state index is 12.4. The molecule has 0 amide bonds. The first-order chi connectivity index (χ1) is 15.1. The van der Waals surface area contributed by atoms with E-state index in [0.29, 0.717) is 0 Å². The molecule has 3 heterocycles. The average Bonchev–Trinajstić information content (AvgIpc) is 2.85. The fraction of sp³-hybridized carbons (Fsp3) is 0.586. The molecule has 0 radical (unpaired) electrons. The van der Waals surface area contributed by atoms with Gasteiger partial charge in [-0.2, -0.15) is 0 Å². The predicted molar refractivity (Wildman–Crippen MR) is 130 cm³/mol. The molecule has 2 nitrogen and oxygen atoms in total. The number of nitrogens with zero attached hydrogens (tertiary/aromatic N) is 1. The van der Waals surface area contributed by atoms with Crippen LogP contribution in [0.3, 0.4) is 0 Å². The number of piperidine rings is 3. The molecule has 5 rings (SSSR count). The monoisotopic (exact) mass is 499 g/mol. The molecule has 3 heteroatoms. The van der Waals surface area contributed by atoms with Gasteiger partial charge in [-0.25, -0.2) is 0 Å². The minimum atomic E-state index is -0.898. The maximum atomic E-state index is 12.4. The molecule has 0 aliphatic carbocycles. The quantitative estimate of drug-likeness (QED) is 0.369. The molecule has 2 bridgehead atoms. The summed E-state index contributed by atoms with van der Waals surface area (Å²) in [4.78, 5) is 0. The van der Waals surface area contributed by atoms with Crippen LogP contribution in [0.2, 0.25) is 0 Å². The van der Waals surface area contributed by atoms with Gasteiger partial charge in [0.1, 0.15) is 5.60 Å². The molecule has 3 aliphatic heterocycles. The van der Waals surface area contributed by atoms with Crippen LogP contribution >= 0.6 is 0 Å². The van der Waals surface area contributed by atoms with E-state index in [4.69, 9.17) is 0 Å². The van der Waals surface area contributed by atoms with E-state index in [2.05, 4.69) is 67.6 Å². The maximum Gasteiger partial charge on any atom is 0.121 e. The normalized spacial score (nSPS) is 24.8. The summed E-state index contributed by atoms with van der Waals surface area (Å²) >= 11 is 0. The summed E-state index contributed by atoms with van der Waals surface area (Å²) in [7, 11) is 0. The Morgan fingerprint density at radius 3 is 1.62 bits per heavy atom. The molecule has 0 atom stereocenters. The van der Waals surface area contributed by atoms with Crippen molar-refractivity contribution in [3.63, 3.8) is 0 Å². The lowest BCUT2D eigenvalue weighted by molar-refractivity contribution is -0.946. The van der Waals surface area contributed by atoms with Gasteiger partial charge in [0, 0.05) is 24.7 Å². The number of aliphatic hydroxyl groups is 1. The third-order valence-electron chi connectivity index (χ3n) is 8.58. The van der Waals surface area contributed by atoms with Crippen molar-refractivity contribution in [1.82, 2.24) is 0 Å². The van der Waals surface area contributed by atoms with Crippen molar-refractivity contribution in [2.24, 2.45) is 5.41 Å². The SMILES string of the molecule is CCCCCCCCC[N+]12CCC(C(O)(c3ccccc3)c3ccccc3)(CC1)CC2.[Br-]. The van der Waals surface area contributed by atoms with Crippen LogP contribution < -0.4 is 17.0 Å². The van der Waals surface area contributed by atoms with Gasteiger partial charge in [-0.05, 0) is 24.0 Å². The molecule has 176 valence electrons. The van der Waals surface area contributed by atoms with Crippen molar-refractivity contribution in [3.8, 4) is 0 Å². The van der Waals surface area contributed by atoms with Crippen molar-refractivity contribution in [2.45, 2.75) is 76.7 Å². The Balaban J connectivity index is 0.00000289. The van der Waals surface area contributed by atoms with Gasteiger partial charge in [-0.15, -0.1) is 0 Å². The van der Waals surface area contributed by atoms with Crippen LogP contribution in [0.25, 0.3) is 0 Å². The number of unbranched alkanes of at least 4 members (excludes halogenated alkanes) is 6. The topological polar surface area (TPSA) is 20.2 Å². The number of halogens is 1. The van der Waals surface area contributed by atoms with Crippen LogP contribution in [-0.2, 0) is 5.60 Å². The first-order valence-corrected chi connectivity index (χ1v) is 12.8. The predicted octanol–water partition coefficient (Wildman–Crippen LogP) is 3.68. The molecule has 0 spiro atoms. The largest absolute Gasteiger partial charge is 1.00 e. The standard InChI is InChI=1S/C29H42NO.BrH/c1-2-3-4-5-6-7-14-22-30-23-19-28(20-24-30,21-25-30)29(31,26-15-10-8-11-16-26)27-17-12-9-13-18-27;/h8-13,15-18,31H,2-7,14,19-25H2,1H3;1H/q+1;/p-1. The van der Waals surface area contributed by atoms with Crippen molar-refractivity contribution in [2.75, 3.05) is 26.2 Å². The third-order valence-corrected chi connectivity index (χ3v) is 8.58. The number of fused-ring (bicyclic) bond motifs is 3. The van der Waals surface area contributed by atoms with Crippen LogP contribution in [0.15, 0.2) is 60.7 Å². The Labute approximate surface area is 206 Å². The van der Waals surface area contributed by atoms with Crippen LogP contribution in [0.5, 0.6) is 0 Å². The van der Waals surface area contributed by atoms with E-state index >= 15 is 0 Å². The molecule has 3 fully saturated rings. The number of benzene rings is 2. The van der Waals surface area contributed by atoms with Crippen molar-refractivity contribution in [1.29, 1.82) is 0 Å². The van der Waals surface area contributed by atoms with Gasteiger partial charge in [0.25, 0.3) is 0 Å². The zero-order valence-corrected chi connectivity index (χ0v) is 21.5. The fourth-order valence-corrected chi connectivity index (χ4v) is 6.48. The summed E-state index contributed by atoms with van der Waals surface area (Å²) in [5, 5.41) is 12.4. The summed E-state index contributed by atoms with van der Waals surface area (Å²) in [6.07, 6.45) is 13.1. The second-order valence-corrected chi connectivity index (χ2v) is 10.3. The third kappa shape index (κ3) is 5.00. The molecule has 2 aromatic rings. The number of quaternary nitrogens is 1. The van der Waals surface area contributed by atoms with Crippen LogP contribution in [0.1, 0.15) is 82.3 Å². The summed E-state index contributed by atoms with van der Waals surface area (Å²) in [5.74, 6) is 0. The van der Waals surface area contributed by atoms with E-state index in [-0.39, 0.29) is 22.4 Å². The van der Waals surface area contributed by atoms with Crippen molar-refractivity contribution >= 4 is 0 Å². The Hall–Kier alpha value is -1.16. The second-order valence-electron chi connectivity index (χ2n) is 10.3. The zero-order valence-electron chi connectivity index (χ0n) is 19.9. The number of rotatable bonds is 11. The zero-order chi connectivity index (χ0) is 21.6. The lowest BCUT2D eigenvalue weighted by Crippen LogP contribution is -3.00.